The summed E-state index contributed by atoms with van der Waals surface area (Å²) in [6.07, 6.45) is 3.39. The first kappa shape index (κ1) is 15.3. The largest absolute Gasteiger partial charge is 0.492 e. The van der Waals surface area contributed by atoms with E-state index in [0.29, 0.717) is 24.5 Å². The fraction of sp³-hybridized carbons (Fsp3) is 0.0952. The van der Waals surface area contributed by atoms with Crippen LogP contribution in [0.4, 0.5) is 0 Å². The predicted octanol–water partition coefficient (Wildman–Crippen LogP) is 4.54. The third kappa shape index (κ3) is 3.06. The van der Waals surface area contributed by atoms with E-state index >= 15 is 0 Å². The molecule has 0 aliphatic carbocycles. The first-order valence-electron chi connectivity index (χ1n) is 8.17. The number of rotatable bonds is 6. The van der Waals surface area contributed by atoms with Crippen molar-refractivity contribution in [2.45, 2.75) is 6.54 Å². The van der Waals surface area contributed by atoms with Crippen molar-refractivity contribution in [1.82, 2.24) is 4.57 Å². The van der Waals surface area contributed by atoms with Gasteiger partial charge in [0.05, 0.1) is 18.4 Å². The molecule has 124 valence electrons. The summed E-state index contributed by atoms with van der Waals surface area (Å²) in [6.45, 7) is 1.18. The third-order valence-electron chi connectivity index (χ3n) is 4.12. The van der Waals surface area contributed by atoms with Gasteiger partial charge in [-0.3, -0.25) is 4.79 Å². The number of ether oxygens (including phenoxy) is 1. The van der Waals surface area contributed by atoms with Crippen LogP contribution in [0.1, 0.15) is 16.1 Å². The molecule has 4 aromatic rings. The van der Waals surface area contributed by atoms with Gasteiger partial charge in [-0.1, -0.05) is 36.4 Å². The van der Waals surface area contributed by atoms with Crippen LogP contribution in [0, 0.1) is 0 Å². The van der Waals surface area contributed by atoms with Crippen molar-refractivity contribution >= 4 is 16.7 Å². The molecule has 0 radical (unpaired) electrons. The van der Waals surface area contributed by atoms with E-state index in [1.165, 1.54) is 6.26 Å². The molecular formula is C21H17NO3. The lowest BCUT2D eigenvalue weighted by molar-refractivity contribution is 0.101. The van der Waals surface area contributed by atoms with Gasteiger partial charge in [0.1, 0.15) is 12.4 Å². The van der Waals surface area contributed by atoms with Crippen molar-refractivity contribution < 1.29 is 13.9 Å². The van der Waals surface area contributed by atoms with E-state index in [-0.39, 0.29) is 5.78 Å². The van der Waals surface area contributed by atoms with E-state index < -0.39 is 0 Å². The number of hydrogen-bond donors (Lipinski definition) is 0. The maximum absolute atomic E-state index is 12.7. The Morgan fingerprint density at radius 2 is 1.76 bits per heavy atom. The molecule has 0 atom stereocenters. The van der Waals surface area contributed by atoms with Crippen LogP contribution in [0.25, 0.3) is 10.9 Å². The van der Waals surface area contributed by atoms with E-state index in [2.05, 4.69) is 4.57 Å². The van der Waals surface area contributed by atoms with Crippen LogP contribution in [0.15, 0.2) is 83.6 Å². The average molecular weight is 331 g/mol. The summed E-state index contributed by atoms with van der Waals surface area (Å²) in [4.78, 5) is 12.7. The molecule has 0 spiro atoms. The first-order chi connectivity index (χ1) is 12.3. The molecule has 0 fully saturated rings. The molecule has 0 amide bonds. The number of fused-ring (bicyclic) bond motifs is 1. The monoisotopic (exact) mass is 331 g/mol. The second kappa shape index (κ2) is 6.69. The number of nitrogens with zero attached hydrogens (tertiary/aromatic N) is 1. The SMILES string of the molecule is O=C(c1ccco1)c1cn(CCOc2ccccc2)c2ccccc12. The molecule has 4 heteroatoms. The summed E-state index contributed by atoms with van der Waals surface area (Å²) in [5.74, 6) is 1.08. The second-order valence-corrected chi connectivity index (χ2v) is 5.72. The Hall–Kier alpha value is -3.27. The van der Waals surface area contributed by atoms with Gasteiger partial charge in [0.2, 0.25) is 5.78 Å². The van der Waals surface area contributed by atoms with Crippen molar-refractivity contribution in [3.63, 3.8) is 0 Å². The van der Waals surface area contributed by atoms with Crippen LogP contribution in [0.2, 0.25) is 0 Å². The van der Waals surface area contributed by atoms with Crippen LogP contribution in [-0.4, -0.2) is 17.0 Å². The summed E-state index contributed by atoms with van der Waals surface area (Å²) in [7, 11) is 0. The van der Waals surface area contributed by atoms with Crippen molar-refractivity contribution in [3.05, 3.63) is 90.5 Å². The highest BCUT2D eigenvalue weighted by Gasteiger charge is 2.18. The van der Waals surface area contributed by atoms with Crippen molar-refractivity contribution in [2.75, 3.05) is 6.61 Å². The molecular weight excluding hydrogens is 314 g/mol. The fourth-order valence-corrected chi connectivity index (χ4v) is 2.93. The number of hydrogen-bond acceptors (Lipinski definition) is 3. The summed E-state index contributed by atoms with van der Waals surface area (Å²) in [6, 6.07) is 21.0. The van der Waals surface area contributed by atoms with Crippen molar-refractivity contribution in [3.8, 4) is 5.75 Å². The molecule has 0 aliphatic rings. The quantitative estimate of drug-likeness (QED) is 0.487. The van der Waals surface area contributed by atoms with Gasteiger partial charge >= 0.3 is 0 Å². The minimum atomic E-state index is -0.107. The van der Waals surface area contributed by atoms with Crippen molar-refractivity contribution in [1.29, 1.82) is 0 Å². The predicted molar refractivity (Wildman–Crippen MR) is 96.0 cm³/mol. The van der Waals surface area contributed by atoms with Crippen LogP contribution in [0.3, 0.4) is 0 Å². The van der Waals surface area contributed by atoms with Gasteiger partial charge in [-0.25, -0.2) is 0 Å². The van der Waals surface area contributed by atoms with Gasteiger partial charge in [-0.15, -0.1) is 0 Å². The van der Waals surface area contributed by atoms with E-state index in [4.69, 9.17) is 9.15 Å². The summed E-state index contributed by atoms with van der Waals surface area (Å²) in [5.41, 5.74) is 1.65. The number of benzene rings is 2. The Bertz CT molecular complexity index is 985. The molecule has 2 aromatic heterocycles. The molecule has 0 bridgehead atoms. The molecule has 0 saturated carbocycles. The molecule has 0 N–H and O–H groups in total. The lowest BCUT2D eigenvalue weighted by Gasteiger charge is -2.08. The van der Waals surface area contributed by atoms with E-state index in [1.807, 2.05) is 60.8 Å². The average Bonchev–Trinajstić information content (AvgIpc) is 3.31. The zero-order valence-corrected chi connectivity index (χ0v) is 13.6. The lowest BCUT2D eigenvalue weighted by atomic mass is 10.1. The molecule has 0 aliphatic heterocycles. The second-order valence-electron chi connectivity index (χ2n) is 5.72. The first-order valence-corrected chi connectivity index (χ1v) is 8.17. The van der Waals surface area contributed by atoms with Gasteiger partial charge < -0.3 is 13.7 Å². The highest BCUT2D eigenvalue weighted by molar-refractivity contribution is 6.15. The van der Waals surface area contributed by atoms with Crippen LogP contribution in [0.5, 0.6) is 5.75 Å². The third-order valence-corrected chi connectivity index (χ3v) is 4.12. The Labute approximate surface area is 145 Å². The summed E-state index contributed by atoms with van der Waals surface area (Å²) < 4.78 is 13.1. The van der Waals surface area contributed by atoms with Crippen molar-refractivity contribution in [2.24, 2.45) is 0 Å². The lowest BCUT2D eigenvalue weighted by Crippen LogP contribution is -2.07. The van der Waals surface area contributed by atoms with E-state index in [1.54, 1.807) is 12.1 Å². The molecule has 2 heterocycles. The zero-order chi connectivity index (χ0) is 17.1. The number of carbonyl (C=O) groups excluding carboxylic acids is 1. The Morgan fingerprint density at radius 1 is 0.960 bits per heavy atom. The normalized spacial score (nSPS) is 10.9. The van der Waals surface area contributed by atoms with Gasteiger partial charge in [-0.05, 0) is 30.3 Å². The number of ketones is 1. The maximum atomic E-state index is 12.7. The zero-order valence-electron chi connectivity index (χ0n) is 13.6. The van der Waals surface area contributed by atoms with Gasteiger partial charge in [0.15, 0.2) is 5.76 Å². The summed E-state index contributed by atoms with van der Waals surface area (Å²) in [5, 5.41) is 0.920. The smallest absolute Gasteiger partial charge is 0.230 e. The van der Waals surface area contributed by atoms with Gasteiger partial charge in [-0.2, -0.15) is 0 Å². The molecule has 4 nitrogen and oxygen atoms in total. The van der Waals surface area contributed by atoms with Gasteiger partial charge in [0.25, 0.3) is 0 Å². The standard InChI is InChI=1S/C21H17NO3/c23-21(20-11-6-13-25-20)18-15-22(19-10-5-4-9-17(18)19)12-14-24-16-7-2-1-3-8-16/h1-11,13,15H,12,14H2. The highest BCUT2D eigenvalue weighted by Crippen LogP contribution is 2.24. The number of para-hydroxylation sites is 2. The van der Waals surface area contributed by atoms with Gasteiger partial charge in [0, 0.05) is 17.1 Å². The molecule has 25 heavy (non-hydrogen) atoms. The molecule has 0 saturated heterocycles. The van der Waals surface area contributed by atoms with Crippen LogP contribution >= 0.6 is 0 Å². The highest BCUT2D eigenvalue weighted by atomic mass is 16.5. The number of aromatic nitrogens is 1. The van der Waals surface area contributed by atoms with E-state index in [9.17, 15) is 4.79 Å². The fourth-order valence-electron chi connectivity index (χ4n) is 2.93. The minimum absolute atomic E-state index is 0.107. The Morgan fingerprint density at radius 3 is 2.56 bits per heavy atom. The molecule has 4 rings (SSSR count). The Balaban J connectivity index is 1.60. The number of furan rings is 1. The van der Waals surface area contributed by atoms with Crippen LogP contribution < -0.4 is 4.74 Å². The minimum Gasteiger partial charge on any atom is -0.492 e. The molecule has 2 aromatic carbocycles. The summed E-state index contributed by atoms with van der Waals surface area (Å²) >= 11 is 0. The number of carbonyl (C=O) groups is 1. The van der Waals surface area contributed by atoms with Crippen LogP contribution in [-0.2, 0) is 6.54 Å². The topological polar surface area (TPSA) is 44.4 Å². The molecule has 0 unspecified atom stereocenters. The maximum Gasteiger partial charge on any atom is 0.230 e. The Kier molecular flexibility index (Phi) is 4.09. The van der Waals surface area contributed by atoms with E-state index in [0.717, 1.165) is 16.7 Å².